The van der Waals surface area contributed by atoms with E-state index in [1.165, 1.54) is 38.3 Å². The zero-order valence-corrected chi connectivity index (χ0v) is 14.7. The van der Waals surface area contributed by atoms with Crippen LogP contribution in [-0.2, 0) is 9.53 Å². The van der Waals surface area contributed by atoms with E-state index in [4.69, 9.17) is 21.1 Å². The summed E-state index contributed by atoms with van der Waals surface area (Å²) in [6.45, 7) is 0.782. The molecule has 0 aliphatic rings. The fourth-order valence-corrected chi connectivity index (χ4v) is 2.31. The number of carbonyl (C=O) groups excluding carboxylic acids is 3. The lowest BCUT2D eigenvalue weighted by Crippen LogP contribution is -2.15. The van der Waals surface area contributed by atoms with Crippen molar-refractivity contribution in [1.29, 1.82) is 0 Å². The highest BCUT2D eigenvalue weighted by Crippen LogP contribution is 2.31. The van der Waals surface area contributed by atoms with Crippen molar-refractivity contribution in [2.24, 2.45) is 0 Å². The summed E-state index contributed by atoms with van der Waals surface area (Å²) in [7, 11) is 1.33. The van der Waals surface area contributed by atoms with Gasteiger partial charge in [0.25, 0.3) is 0 Å². The molecule has 0 bridgehead atoms. The minimum atomic E-state index is -0.825. The molecule has 0 aliphatic carbocycles. The molecule has 0 aromatic heterocycles. The molecule has 0 atom stereocenters. The van der Waals surface area contributed by atoms with Crippen molar-refractivity contribution in [3.63, 3.8) is 0 Å². The van der Waals surface area contributed by atoms with Gasteiger partial charge in [0, 0.05) is 18.6 Å². The third kappa shape index (κ3) is 4.80. The number of ketones is 1. The molecule has 1 N–H and O–H groups in total. The maximum absolute atomic E-state index is 12.9. The summed E-state index contributed by atoms with van der Waals surface area (Å²) in [5, 5.41) is 2.61. The molecule has 136 valence electrons. The first-order valence-corrected chi connectivity index (χ1v) is 7.80. The van der Waals surface area contributed by atoms with E-state index < -0.39 is 24.2 Å². The Morgan fingerprint density at radius 3 is 2.38 bits per heavy atom. The number of hydrogen-bond acceptors (Lipinski definition) is 5. The third-order valence-corrected chi connectivity index (χ3v) is 3.63. The van der Waals surface area contributed by atoms with E-state index in [-0.39, 0.29) is 33.5 Å². The van der Waals surface area contributed by atoms with E-state index >= 15 is 0 Å². The second-order valence-electron chi connectivity index (χ2n) is 5.22. The lowest BCUT2D eigenvalue weighted by Gasteiger charge is -2.12. The molecule has 0 spiro atoms. The van der Waals surface area contributed by atoms with Gasteiger partial charge >= 0.3 is 5.97 Å². The van der Waals surface area contributed by atoms with E-state index in [9.17, 15) is 18.8 Å². The van der Waals surface area contributed by atoms with Crippen LogP contribution in [0.4, 0.5) is 10.1 Å². The molecule has 0 fully saturated rings. The molecular formula is C18H15ClFNO5. The lowest BCUT2D eigenvalue weighted by atomic mass is 10.1. The fourth-order valence-electron chi connectivity index (χ4n) is 2.10. The Morgan fingerprint density at radius 2 is 1.81 bits per heavy atom. The number of ether oxygens (including phenoxy) is 2. The van der Waals surface area contributed by atoms with E-state index in [2.05, 4.69) is 5.32 Å². The first kappa shape index (κ1) is 19.4. The zero-order chi connectivity index (χ0) is 19.3. The Morgan fingerprint density at radius 1 is 1.15 bits per heavy atom. The lowest BCUT2D eigenvalue weighted by molar-refractivity contribution is -0.114. The van der Waals surface area contributed by atoms with Gasteiger partial charge in [-0.3, -0.25) is 9.59 Å². The van der Waals surface area contributed by atoms with E-state index in [1.54, 1.807) is 0 Å². The SMILES string of the molecule is COc1cc(NC(C)=O)c(Cl)cc1C(=O)OCC(=O)c1ccc(F)cc1. The van der Waals surface area contributed by atoms with Crippen LogP contribution in [0.3, 0.4) is 0 Å². The topological polar surface area (TPSA) is 81.7 Å². The molecule has 0 radical (unpaired) electrons. The molecule has 1 amide bonds. The molecule has 0 unspecified atom stereocenters. The van der Waals surface area contributed by atoms with Crippen LogP contribution in [0, 0.1) is 5.82 Å². The third-order valence-electron chi connectivity index (χ3n) is 3.32. The predicted octanol–water partition coefficient (Wildman–Crippen LogP) is 3.49. The summed E-state index contributed by atoms with van der Waals surface area (Å²) in [6.07, 6.45) is 0. The van der Waals surface area contributed by atoms with Crippen molar-refractivity contribution in [3.05, 3.63) is 58.4 Å². The Bertz CT molecular complexity index is 851. The highest BCUT2D eigenvalue weighted by Gasteiger charge is 2.19. The van der Waals surface area contributed by atoms with Crippen LogP contribution >= 0.6 is 11.6 Å². The number of methoxy groups -OCH3 is 1. The Kier molecular flexibility index (Phi) is 6.30. The number of rotatable bonds is 6. The molecule has 2 aromatic carbocycles. The number of anilines is 1. The molecule has 0 heterocycles. The average molecular weight is 380 g/mol. The number of Topliss-reactive ketones (excluding diaryl/α,β-unsaturated/α-hetero) is 1. The van der Waals surface area contributed by atoms with Crippen LogP contribution in [0.2, 0.25) is 5.02 Å². The fraction of sp³-hybridized carbons (Fsp3) is 0.167. The second-order valence-corrected chi connectivity index (χ2v) is 5.63. The summed E-state index contributed by atoms with van der Waals surface area (Å²) in [4.78, 5) is 35.4. The molecule has 0 aliphatic heterocycles. The van der Waals surface area contributed by atoms with Crippen molar-refractivity contribution in [3.8, 4) is 5.75 Å². The maximum atomic E-state index is 12.9. The highest BCUT2D eigenvalue weighted by molar-refractivity contribution is 6.34. The second kappa shape index (κ2) is 8.44. The standard InChI is InChI=1S/C18H15ClFNO5/c1-10(22)21-15-8-17(25-2)13(7-14(15)19)18(24)26-9-16(23)11-3-5-12(20)6-4-11/h3-8H,9H2,1-2H3,(H,21,22). The van der Waals surface area contributed by atoms with Gasteiger partial charge in [-0.25, -0.2) is 9.18 Å². The Hall–Kier alpha value is -2.93. The number of hydrogen-bond donors (Lipinski definition) is 1. The molecule has 0 saturated heterocycles. The highest BCUT2D eigenvalue weighted by atomic mass is 35.5. The number of benzene rings is 2. The Labute approximate surface area is 153 Å². The summed E-state index contributed by atoms with van der Waals surface area (Å²) in [5.74, 6) is -2.00. The van der Waals surface area contributed by atoms with Crippen LogP contribution < -0.4 is 10.1 Å². The van der Waals surface area contributed by atoms with Crippen LogP contribution in [0.5, 0.6) is 5.75 Å². The van der Waals surface area contributed by atoms with Crippen LogP contribution in [0.1, 0.15) is 27.6 Å². The van der Waals surface area contributed by atoms with Crippen molar-refractivity contribution < 1.29 is 28.2 Å². The van der Waals surface area contributed by atoms with Gasteiger partial charge in [-0.15, -0.1) is 0 Å². The molecule has 2 aromatic rings. The smallest absolute Gasteiger partial charge is 0.342 e. The molecule has 8 heteroatoms. The van der Waals surface area contributed by atoms with Crippen molar-refractivity contribution in [1.82, 2.24) is 0 Å². The molecule has 0 saturated carbocycles. The normalized spacial score (nSPS) is 10.2. The quantitative estimate of drug-likeness (QED) is 0.613. The molecule has 2 rings (SSSR count). The summed E-state index contributed by atoms with van der Waals surface area (Å²) in [6, 6.07) is 7.52. The van der Waals surface area contributed by atoms with Gasteiger partial charge in [-0.2, -0.15) is 0 Å². The first-order chi connectivity index (χ1) is 12.3. The summed E-state index contributed by atoms with van der Waals surface area (Å²) < 4.78 is 23.0. The maximum Gasteiger partial charge on any atom is 0.342 e. The number of amides is 1. The predicted molar refractivity (Wildman–Crippen MR) is 93.3 cm³/mol. The van der Waals surface area contributed by atoms with Gasteiger partial charge in [0.15, 0.2) is 12.4 Å². The monoisotopic (exact) mass is 379 g/mol. The van der Waals surface area contributed by atoms with Crippen LogP contribution in [-0.4, -0.2) is 31.4 Å². The largest absolute Gasteiger partial charge is 0.496 e. The Balaban J connectivity index is 2.13. The molecule has 6 nitrogen and oxygen atoms in total. The van der Waals surface area contributed by atoms with Gasteiger partial charge in [0.1, 0.15) is 17.1 Å². The van der Waals surface area contributed by atoms with Crippen molar-refractivity contribution in [2.75, 3.05) is 19.0 Å². The van der Waals surface area contributed by atoms with Crippen LogP contribution in [0.15, 0.2) is 36.4 Å². The van der Waals surface area contributed by atoms with Crippen molar-refractivity contribution >= 4 is 34.9 Å². The van der Waals surface area contributed by atoms with Gasteiger partial charge < -0.3 is 14.8 Å². The minimum absolute atomic E-state index is 0.00138. The van der Waals surface area contributed by atoms with Gasteiger partial charge in [-0.1, -0.05) is 11.6 Å². The van der Waals surface area contributed by atoms with E-state index in [1.807, 2.05) is 0 Å². The number of carbonyl (C=O) groups is 3. The number of esters is 1. The van der Waals surface area contributed by atoms with Gasteiger partial charge in [0.2, 0.25) is 5.91 Å². The number of halogens is 2. The zero-order valence-electron chi connectivity index (χ0n) is 14.0. The van der Waals surface area contributed by atoms with Crippen molar-refractivity contribution in [2.45, 2.75) is 6.92 Å². The first-order valence-electron chi connectivity index (χ1n) is 7.43. The molecule has 26 heavy (non-hydrogen) atoms. The summed E-state index contributed by atoms with van der Waals surface area (Å²) >= 11 is 6.04. The summed E-state index contributed by atoms with van der Waals surface area (Å²) in [5.41, 5.74) is 0.485. The van der Waals surface area contributed by atoms with Gasteiger partial charge in [-0.05, 0) is 30.3 Å². The average Bonchev–Trinajstić information content (AvgIpc) is 2.61. The van der Waals surface area contributed by atoms with E-state index in [0.29, 0.717) is 0 Å². The number of nitrogens with one attached hydrogen (secondary N) is 1. The van der Waals surface area contributed by atoms with E-state index in [0.717, 1.165) is 12.1 Å². The van der Waals surface area contributed by atoms with Gasteiger partial charge in [0.05, 0.1) is 17.8 Å². The van der Waals surface area contributed by atoms with Crippen LogP contribution in [0.25, 0.3) is 0 Å². The minimum Gasteiger partial charge on any atom is -0.496 e. The molecular weight excluding hydrogens is 365 g/mol.